The Kier molecular flexibility index (Phi) is 6.27. The highest BCUT2D eigenvalue weighted by molar-refractivity contribution is 6.30. The maximum absolute atomic E-state index is 12.5. The summed E-state index contributed by atoms with van der Waals surface area (Å²) in [6.45, 7) is 3.26. The molecule has 0 saturated carbocycles. The fraction of sp³-hybridized carbons (Fsp3) is 0.238. The molecule has 0 radical (unpaired) electrons. The summed E-state index contributed by atoms with van der Waals surface area (Å²) in [5.41, 5.74) is 2.17. The Balaban J connectivity index is 1.56. The van der Waals surface area contributed by atoms with Gasteiger partial charge < -0.3 is 15.1 Å². The first kappa shape index (κ1) is 19.1. The van der Waals surface area contributed by atoms with Crippen molar-refractivity contribution in [3.8, 4) is 0 Å². The van der Waals surface area contributed by atoms with Crippen molar-refractivity contribution in [1.29, 1.82) is 0 Å². The van der Waals surface area contributed by atoms with Gasteiger partial charge in [0.25, 0.3) is 5.91 Å². The van der Waals surface area contributed by atoms with Gasteiger partial charge in [0.1, 0.15) is 0 Å². The number of piperazine rings is 1. The van der Waals surface area contributed by atoms with Crippen LogP contribution in [0.5, 0.6) is 0 Å². The number of amides is 2. The van der Waals surface area contributed by atoms with Gasteiger partial charge in [0.05, 0.1) is 0 Å². The zero-order valence-electron chi connectivity index (χ0n) is 15.2. The van der Waals surface area contributed by atoms with Gasteiger partial charge in [-0.2, -0.15) is 0 Å². The molecule has 1 aliphatic heterocycles. The molecular formula is C21H22ClN3O2. The molecule has 2 amide bonds. The molecule has 0 spiro atoms. The lowest BCUT2D eigenvalue weighted by molar-refractivity contribution is -0.111. The summed E-state index contributed by atoms with van der Waals surface area (Å²) in [7, 11) is 2.06. The average molecular weight is 384 g/mol. The van der Waals surface area contributed by atoms with E-state index in [4.69, 9.17) is 11.6 Å². The summed E-state index contributed by atoms with van der Waals surface area (Å²) in [5, 5.41) is 3.45. The van der Waals surface area contributed by atoms with E-state index in [1.165, 1.54) is 6.08 Å². The number of hydrogen-bond donors (Lipinski definition) is 1. The standard InChI is InChI=1S/C21H22ClN3O2/c1-24-12-14-25(15-13-24)21(27)17-5-9-19(10-6-17)23-20(26)11-4-16-2-7-18(22)8-3-16/h2-11H,12-15H2,1H3,(H,23,26)/b11-4+. The normalized spacial score (nSPS) is 15.1. The number of rotatable bonds is 4. The summed E-state index contributed by atoms with van der Waals surface area (Å²) >= 11 is 5.84. The number of carbonyl (C=O) groups is 2. The second kappa shape index (κ2) is 8.84. The molecule has 0 aliphatic carbocycles. The second-order valence-electron chi connectivity index (χ2n) is 6.55. The van der Waals surface area contributed by atoms with Crippen LogP contribution in [0.4, 0.5) is 5.69 Å². The first-order valence-corrected chi connectivity index (χ1v) is 9.21. The van der Waals surface area contributed by atoms with E-state index < -0.39 is 0 Å². The third-order valence-corrected chi connectivity index (χ3v) is 4.74. The summed E-state index contributed by atoms with van der Waals surface area (Å²) in [6.07, 6.45) is 3.18. The molecule has 1 N–H and O–H groups in total. The third kappa shape index (κ3) is 5.42. The summed E-state index contributed by atoms with van der Waals surface area (Å²) in [6, 6.07) is 14.2. The molecule has 0 bridgehead atoms. The summed E-state index contributed by atoms with van der Waals surface area (Å²) in [4.78, 5) is 28.6. The number of benzene rings is 2. The Morgan fingerprint density at radius 3 is 2.22 bits per heavy atom. The van der Waals surface area contributed by atoms with Crippen molar-refractivity contribution in [2.45, 2.75) is 0 Å². The molecule has 5 nitrogen and oxygen atoms in total. The Hall–Kier alpha value is -2.63. The van der Waals surface area contributed by atoms with Crippen molar-refractivity contribution in [2.75, 3.05) is 38.5 Å². The van der Waals surface area contributed by atoms with Gasteiger partial charge in [-0.3, -0.25) is 9.59 Å². The molecular weight excluding hydrogens is 362 g/mol. The zero-order valence-corrected chi connectivity index (χ0v) is 15.9. The molecule has 1 saturated heterocycles. The minimum atomic E-state index is -0.233. The van der Waals surface area contributed by atoms with Crippen molar-refractivity contribution in [3.05, 3.63) is 70.8 Å². The van der Waals surface area contributed by atoms with E-state index in [1.807, 2.05) is 17.0 Å². The fourth-order valence-corrected chi connectivity index (χ4v) is 2.94. The van der Waals surface area contributed by atoms with Crippen LogP contribution in [0.3, 0.4) is 0 Å². The molecule has 3 rings (SSSR count). The van der Waals surface area contributed by atoms with Crippen LogP contribution in [0.2, 0.25) is 5.02 Å². The van der Waals surface area contributed by atoms with E-state index >= 15 is 0 Å². The number of anilines is 1. The van der Waals surface area contributed by atoms with E-state index in [0.29, 0.717) is 16.3 Å². The van der Waals surface area contributed by atoms with Gasteiger partial charge in [0, 0.05) is 48.5 Å². The van der Waals surface area contributed by atoms with Gasteiger partial charge in [0.15, 0.2) is 0 Å². The van der Waals surface area contributed by atoms with Crippen molar-refractivity contribution in [2.24, 2.45) is 0 Å². The first-order valence-electron chi connectivity index (χ1n) is 8.84. The van der Waals surface area contributed by atoms with Gasteiger partial charge in [-0.05, 0) is 55.1 Å². The maximum Gasteiger partial charge on any atom is 0.253 e. The van der Waals surface area contributed by atoms with Crippen LogP contribution >= 0.6 is 11.6 Å². The molecule has 140 valence electrons. The Labute approximate surface area is 164 Å². The SMILES string of the molecule is CN1CCN(C(=O)c2ccc(NC(=O)/C=C/c3ccc(Cl)cc3)cc2)CC1. The first-order chi connectivity index (χ1) is 13.0. The van der Waals surface area contributed by atoms with Gasteiger partial charge in [-0.15, -0.1) is 0 Å². The Bertz CT molecular complexity index is 824. The van der Waals surface area contributed by atoms with E-state index in [0.717, 1.165) is 31.7 Å². The highest BCUT2D eigenvalue weighted by Gasteiger charge is 2.20. The smallest absolute Gasteiger partial charge is 0.253 e. The number of carbonyl (C=O) groups excluding carboxylic acids is 2. The predicted octanol–water partition coefficient (Wildman–Crippen LogP) is 3.38. The molecule has 2 aromatic carbocycles. The number of hydrogen-bond acceptors (Lipinski definition) is 3. The molecule has 0 aromatic heterocycles. The summed E-state index contributed by atoms with van der Waals surface area (Å²) < 4.78 is 0. The van der Waals surface area contributed by atoms with Crippen molar-refractivity contribution < 1.29 is 9.59 Å². The molecule has 1 fully saturated rings. The number of likely N-dealkylation sites (N-methyl/N-ethyl adjacent to an activating group) is 1. The molecule has 2 aromatic rings. The van der Waals surface area contributed by atoms with Crippen LogP contribution < -0.4 is 5.32 Å². The zero-order chi connectivity index (χ0) is 19.2. The van der Waals surface area contributed by atoms with Gasteiger partial charge in [-0.25, -0.2) is 0 Å². The lowest BCUT2D eigenvalue weighted by atomic mass is 10.1. The minimum Gasteiger partial charge on any atom is -0.336 e. The van der Waals surface area contributed by atoms with E-state index in [2.05, 4.69) is 17.3 Å². The van der Waals surface area contributed by atoms with Gasteiger partial charge in [0.2, 0.25) is 5.91 Å². The van der Waals surface area contributed by atoms with Gasteiger partial charge >= 0.3 is 0 Å². The van der Waals surface area contributed by atoms with Crippen LogP contribution in [0.1, 0.15) is 15.9 Å². The number of nitrogens with one attached hydrogen (secondary N) is 1. The quantitative estimate of drug-likeness (QED) is 0.823. The molecule has 1 heterocycles. The average Bonchev–Trinajstić information content (AvgIpc) is 2.68. The predicted molar refractivity (Wildman–Crippen MR) is 109 cm³/mol. The minimum absolute atomic E-state index is 0.0311. The topological polar surface area (TPSA) is 52.6 Å². The van der Waals surface area contributed by atoms with Crippen LogP contribution in [0, 0.1) is 0 Å². The Morgan fingerprint density at radius 1 is 0.963 bits per heavy atom. The second-order valence-corrected chi connectivity index (χ2v) is 6.98. The van der Waals surface area contributed by atoms with Crippen LogP contribution in [0.15, 0.2) is 54.6 Å². The third-order valence-electron chi connectivity index (χ3n) is 4.49. The molecule has 0 atom stereocenters. The number of nitrogens with zero attached hydrogens (tertiary/aromatic N) is 2. The maximum atomic E-state index is 12.5. The fourth-order valence-electron chi connectivity index (χ4n) is 2.82. The van der Waals surface area contributed by atoms with Crippen LogP contribution in [-0.4, -0.2) is 54.8 Å². The molecule has 27 heavy (non-hydrogen) atoms. The molecule has 1 aliphatic rings. The molecule has 0 unspecified atom stereocenters. The van der Waals surface area contributed by atoms with E-state index in [9.17, 15) is 9.59 Å². The van der Waals surface area contributed by atoms with Gasteiger partial charge in [-0.1, -0.05) is 23.7 Å². The van der Waals surface area contributed by atoms with E-state index in [-0.39, 0.29) is 11.8 Å². The largest absolute Gasteiger partial charge is 0.336 e. The van der Waals surface area contributed by atoms with Crippen LogP contribution in [0.25, 0.3) is 6.08 Å². The van der Waals surface area contributed by atoms with Crippen molar-refractivity contribution in [1.82, 2.24) is 9.80 Å². The monoisotopic (exact) mass is 383 g/mol. The lowest BCUT2D eigenvalue weighted by Gasteiger charge is -2.32. The number of halogens is 1. The Morgan fingerprint density at radius 2 is 1.59 bits per heavy atom. The van der Waals surface area contributed by atoms with Crippen LogP contribution in [-0.2, 0) is 4.79 Å². The summed E-state index contributed by atoms with van der Waals surface area (Å²) in [5.74, 6) is -0.202. The highest BCUT2D eigenvalue weighted by Crippen LogP contribution is 2.14. The lowest BCUT2D eigenvalue weighted by Crippen LogP contribution is -2.47. The highest BCUT2D eigenvalue weighted by atomic mass is 35.5. The van der Waals surface area contributed by atoms with Crippen molar-refractivity contribution in [3.63, 3.8) is 0 Å². The van der Waals surface area contributed by atoms with Crippen molar-refractivity contribution >= 4 is 35.2 Å². The molecule has 6 heteroatoms. The van der Waals surface area contributed by atoms with E-state index in [1.54, 1.807) is 42.5 Å².